The summed E-state index contributed by atoms with van der Waals surface area (Å²) in [6.45, 7) is 9.30. The van der Waals surface area contributed by atoms with Crippen LogP contribution in [-0.4, -0.2) is 47.2 Å². The molecule has 1 saturated heterocycles. The van der Waals surface area contributed by atoms with Crippen LogP contribution in [0.1, 0.15) is 27.2 Å². The summed E-state index contributed by atoms with van der Waals surface area (Å²) in [5, 5.41) is 7.37. The van der Waals surface area contributed by atoms with Crippen LogP contribution >= 0.6 is 11.6 Å². The standard InChI is InChI=1S/C25H30ClN5O2/c1-25(2,3)29-22(32)16-31-23(17-6-4-7-18(26)14-17)28-21-9-8-19(15-20(21)24(31)33)30-12-5-10-27-11-13-30/h4,6-9,14-15,27H,5,10-13,16H2,1-3H3,(H,29,32). The topological polar surface area (TPSA) is 79.3 Å². The molecule has 174 valence electrons. The summed E-state index contributed by atoms with van der Waals surface area (Å²) in [4.78, 5) is 33.5. The van der Waals surface area contributed by atoms with Gasteiger partial charge < -0.3 is 15.5 Å². The van der Waals surface area contributed by atoms with E-state index in [2.05, 4.69) is 15.5 Å². The van der Waals surface area contributed by atoms with E-state index < -0.39 is 5.54 Å². The first-order valence-electron chi connectivity index (χ1n) is 11.3. The van der Waals surface area contributed by atoms with Gasteiger partial charge in [0.25, 0.3) is 5.56 Å². The normalized spacial score (nSPS) is 14.8. The van der Waals surface area contributed by atoms with Crippen molar-refractivity contribution in [2.75, 3.05) is 31.1 Å². The van der Waals surface area contributed by atoms with Crippen molar-refractivity contribution in [3.05, 3.63) is 57.8 Å². The molecule has 0 spiro atoms. The average Bonchev–Trinajstić information content (AvgIpc) is 3.04. The lowest BCUT2D eigenvalue weighted by Gasteiger charge is -2.23. The largest absolute Gasteiger partial charge is 0.370 e. The van der Waals surface area contributed by atoms with Gasteiger partial charge in [0, 0.05) is 41.4 Å². The zero-order chi connectivity index (χ0) is 23.6. The second kappa shape index (κ2) is 9.53. The minimum atomic E-state index is -0.408. The molecule has 0 bridgehead atoms. The van der Waals surface area contributed by atoms with E-state index in [0.717, 1.165) is 38.3 Å². The molecule has 8 heteroatoms. The molecule has 1 aromatic heterocycles. The molecule has 4 rings (SSSR count). The Labute approximate surface area is 198 Å². The average molecular weight is 468 g/mol. The highest BCUT2D eigenvalue weighted by Crippen LogP contribution is 2.25. The third-order valence-corrected chi connectivity index (χ3v) is 5.78. The molecule has 0 atom stereocenters. The maximum Gasteiger partial charge on any atom is 0.262 e. The van der Waals surface area contributed by atoms with E-state index in [1.165, 1.54) is 4.57 Å². The summed E-state index contributed by atoms with van der Waals surface area (Å²) in [5.74, 6) is 0.176. The minimum absolute atomic E-state index is 0.126. The fraction of sp³-hybridized carbons (Fsp3) is 0.400. The van der Waals surface area contributed by atoms with Crippen molar-refractivity contribution in [3.8, 4) is 11.4 Å². The summed E-state index contributed by atoms with van der Waals surface area (Å²) < 4.78 is 1.45. The lowest BCUT2D eigenvalue weighted by molar-refractivity contribution is -0.123. The Morgan fingerprint density at radius 2 is 1.97 bits per heavy atom. The fourth-order valence-electron chi connectivity index (χ4n) is 4.11. The Morgan fingerprint density at radius 3 is 2.73 bits per heavy atom. The molecule has 0 radical (unpaired) electrons. The van der Waals surface area contributed by atoms with Crippen molar-refractivity contribution < 1.29 is 4.79 Å². The van der Waals surface area contributed by atoms with Gasteiger partial charge >= 0.3 is 0 Å². The molecule has 1 aliphatic rings. The number of hydrogen-bond acceptors (Lipinski definition) is 5. The Morgan fingerprint density at radius 1 is 1.15 bits per heavy atom. The third kappa shape index (κ3) is 5.54. The second-order valence-electron chi connectivity index (χ2n) is 9.43. The number of rotatable bonds is 4. The SMILES string of the molecule is CC(C)(C)NC(=O)Cn1c(-c2cccc(Cl)c2)nc2ccc(N3CCCNCC3)cc2c1=O. The van der Waals surface area contributed by atoms with E-state index in [-0.39, 0.29) is 18.0 Å². The summed E-state index contributed by atoms with van der Waals surface area (Å²) in [5.41, 5.74) is 1.63. The zero-order valence-corrected chi connectivity index (χ0v) is 20.1. The van der Waals surface area contributed by atoms with Gasteiger partial charge in [-0.05, 0) is 64.1 Å². The lowest BCUT2D eigenvalue weighted by Crippen LogP contribution is -2.43. The van der Waals surface area contributed by atoms with Gasteiger partial charge in [0.1, 0.15) is 12.4 Å². The van der Waals surface area contributed by atoms with Crippen LogP contribution < -0.4 is 21.1 Å². The molecular formula is C25H30ClN5O2. The van der Waals surface area contributed by atoms with Crippen molar-refractivity contribution in [1.29, 1.82) is 0 Å². The molecule has 0 unspecified atom stereocenters. The number of carbonyl (C=O) groups is 1. The number of aromatic nitrogens is 2. The molecule has 33 heavy (non-hydrogen) atoms. The summed E-state index contributed by atoms with van der Waals surface area (Å²) in [7, 11) is 0. The first-order chi connectivity index (χ1) is 15.7. The number of fused-ring (bicyclic) bond motifs is 1. The van der Waals surface area contributed by atoms with Crippen molar-refractivity contribution in [1.82, 2.24) is 20.2 Å². The van der Waals surface area contributed by atoms with Gasteiger partial charge in [-0.1, -0.05) is 23.7 Å². The Balaban J connectivity index is 1.84. The van der Waals surface area contributed by atoms with E-state index in [9.17, 15) is 9.59 Å². The van der Waals surface area contributed by atoms with Crippen LogP contribution in [0.5, 0.6) is 0 Å². The Kier molecular flexibility index (Phi) is 6.72. The van der Waals surface area contributed by atoms with Crippen molar-refractivity contribution in [2.24, 2.45) is 0 Å². The van der Waals surface area contributed by atoms with E-state index in [4.69, 9.17) is 16.6 Å². The molecular weight excluding hydrogens is 438 g/mol. The Bertz CT molecular complexity index is 1220. The summed E-state index contributed by atoms with van der Waals surface area (Å²) in [6, 6.07) is 13.0. The first kappa shape index (κ1) is 23.3. The number of halogens is 1. The van der Waals surface area contributed by atoms with Gasteiger partial charge in [0.2, 0.25) is 5.91 Å². The van der Waals surface area contributed by atoms with Gasteiger partial charge in [-0.2, -0.15) is 0 Å². The van der Waals surface area contributed by atoms with Crippen LogP contribution in [0.2, 0.25) is 5.02 Å². The monoisotopic (exact) mass is 467 g/mol. The fourth-order valence-corrected chi connectivity index (χ4v) is 4.30. The molecule has 2 aromatic carbocycles. The number of anilines is 1. The maximum absolute atomic E-state index is 13.7. The third-order valence-electron chi connectivity index (χ3n) is 5.54. The molecule has 1 fully saturated rings. The molecule has 1 aliphatic heterocycles. The smallest absolute Gasteiger partial charge is 0.262 e. The van der Waals surface area contributed by atoms with Gasteiger partial charge in [0.15, 0.2) is 0 Å². The molecule has 0 aliphatic carbocycles. The minimum Gasteiger partial charge on any atom is -0.370 e. The van der Waals surface area contributed by atoms with Crippen molar-refractivity contribution in [3.63, 3.8) is 0 Å². The highest BCUT2D eigenvalue weighted by Gasteiger charge is 2.20. The van der Waals surface area contributed by atoms with Crippen molar-refractivity contribution >= 4 is 34.1 Å². The predicted molar refractivity (Wildman–Crippen MR) is 134 cm³/mol. The van der Waals surface area contributed by atoms with Crippen LogP contribution in [0.15, 0.2) is 47.3 Å². The molecule has 1 amide bonds. The van der Waals surface area contributed by atoms with Crippen LogP contribution in [0.4, 0.5) is 5.69 Å². The lowest BCUT2D eigenvalue weighted by atomic mass is 10.1. The van der Waals surface area contributed by atoms with Gasteiger partial charge in [-0.25, -0.2) is 4.98 Å². The molecule has 3 aromatic rings. The number of carbonyl (C=O) groups excluding carboxylic acids is 1. The van der Waals surface area contributed by atoms with Crippen LogP contribution in [0.25, 0.3) is 22.3 Å². The summed E-state index contributed by atoms with van der Waals surface area (Å²) >= 11 is 6.21. The highest BCUT2D eigenvalue weighted by molar-refractivity contribution is 6.30. The van der Waals surface area contributed by atoms with Crippen molar-refractivity contribution in [2.45, 2.75) is 39.3 Å². The first-order valence-corrected chi connectivity index (χ1v) is 11.7. The Hall–Kier alpha value is -2.90. The van der Waals surface area contributed by atoms with E-state index in [0.29, 0.717) is 27.3 Å². The second-order valence-corrected chi connectivity index (χ2v) is 9.86. The summed E-state index contributed by atoms with van der Waals surface area (Å²) in [6.07, 6.45) is 1.04. The van der Waals surface area contributed by atoms with Crippen LogP contribution in [0, 0.1) is 0 Å². The van der Waals surface area contributed by atoms with E-state index in [1.807, 2.05) is 51.1 Å². The van der Waals surface area contributed by atoms with E-state index in [1.54, 1.807) is 12.1 Å². The van der Waals surface area contributed by atoms with Gasteiger partial charge in [-0.3, -0.25) is 14.2 Å². The molecule has 2 N–H and O–H groups in total. The number of benzene rings is 2. The van der Waals surface area contributed by atoms with Crippen LogP contribution in [-0.2, 0) is 11.3 Å². The van der Waals surface area contributed by atoms with Gasteiger partial charge in [-0.15, -0.1) is 0 Å². The highest BCUT2D eigenvalue weighted by atomic mass is 35.5. The number of nitrogens with zero attached hydrogens (tertiary/aromatic N) is 3. The quantitative estimate of drug-likeness (QED) is 0.614. The van der Waals surface area contributed by atoms with Crippen LogP contribution in [0.3, 0.4) is 0 Å². The molecule has 7 nitrogen and oxygen atoms in total. The number of nitrogens with one attached hydrogen (secondary N) is 2. The molecule has 2 heterocycles. The number of hydrogen-bond donors (Lipinski definition) is 2. The van der Waals surface area contributed by atoms with E-state index >= 15 is 0 Å². The number of amides is 1. The molecule has 0 saturated carbocycles. The zero-order valence-electron chi connectivity index (χ0n) is 19.3. The maximum atomic E-state index is 13.7. The van der Waals surface area contributed by atoms with Gasteiger partial charge in [0.05, 0.1) is 10.9 Å². The predicted octanol–water partition coefficient (Wildman–Crippen LogP) is 3.43.